The van der Waals surface area contributed by atoms with Crippen molar-refractivity contribution < 1.29 is 13.2 Å². The van der Waals surface area contributed by atoms with Gasteiger partial charge in [0.1, 0.15) is 0 Å². The molecule has 2 rings (SSSR count). The summed E-state index contributed by atoms with van der Waals surface area (Å²) in [5.74, 6) is 0.177. The Labute approximate surface area is 125 Å². The first-order valence-corrected chi connectivity index (χ1v) is 8.70. The van der Waals surface area contributed by atoms with Crippen LogP contribution in [0.25, 0.3) is 5.57 Å². The number of carbonyl (C=O) groups excluding carboxylic acids is 1. The van der Waals surface area contributed by atoms with Crippen LogP contribution in [0.2, 0.25) is 0 Å². The maximum atomic E-state index is 11.6. The van der Waals surface area contributed by atoms with E-state index in [1.54, 1.807) is 18.2 Å². The van der Waals surface area contributed by atoms with Crippen LogP contribution in [0, 0.1) is 5.92 Å². The molecular weight excluding hydrogens is 288 g/mol. The smallest absolute Gasteiger partial charge is 0.234 e. The zero-order valence-corrected chi connectivity index (χ0v) is 13.2. The van der Waals surface area contributed by atoms with Crippen LogP contribution in [0.4, 0.5) is 0 Å². The van der Waals surface area contributed by atoms with Crippen molar-refractivity contribution in [1.82, 2.24) is 10.9 Å². The molecule has 1 aliphatic rings. The van der Waals surface area contributed by atoms with E-state index in [9.17, 15) is 13.2 Å². The summed E-state index contributed by atoms with van der Waals surface area (Å²) in [5, 5.41) is 0. The Kier molecular flexibility index (Phi) is 4.49. The Morgan fingerprint density at radius 3 is 2.71 bits per heavy atom. The molecule has 0 bridgehead atoms. The normalized spacial score (nSPS) is 23.8. The summed E-state index contributed by atoms with van der Waals surface area (Å²) in [6.45, 7) is 3.94. The van der Waals surface area contributed by atoms with Crippen LogP contribution in [-0.2, 0) is 14.6 Å². The maximum absolute atomic E-state index is 11.6. The molecule has 1 aliphatic heterocycles. The Morgan fingerprint density at radius 1 is 1.38 bits per heavy atom. The van der Waals surface area contributed by atoms with Crippen LogP contribution in [0.5, 0.6) is 0 Å². The van der Waals surface area contributed by atoms with Crippen LogP contribution >= 0.6 is 0 Å². The molecule has 0 aromatic heterocycles. The Hall–Kier alpha value is -1.66. The molecule has 0 aliphatic carbocycles. The Bertz CT molecular complexity index is 680. The molecule has 0 spiro atoms. The monoisotopic (exact) mass is 308 g/mol. The first kappa shape index (κ1) is 15.7. The summed E-state index contributed by atoms with van der Waals surface area (Å²) < 4.78 is 23.2. The quantitative estimate of drug-likeness (QED) is 0.888. The summed E-state index contributed by atoms with van der Waals surface area (Å²) >= 11 is 0. The van der Waals surface area contributed by atoms with Gasteiger partial charge in [0.05, 0.1) is 4.90 Å². The van der Waals surface area contributed by atoms with Crippen LogP contribution in [0.3, 0.4) is 0 Å². The summed E-state index contributed by atoms with van der Waals surface area (Å²) in [5.41, 5.74) is 7.43. The molecule has 2 unspecified atom stereocenters. The van der Waals surface area contributed by atoms with Crippen molar-refractivity contribution in [2.24, 2.45) is 5.92 Å². The third-order valence-corrected chi connectivity index (χ3v) is 4.76. The van der Waals surface area contributed by atoms with Gasteiger partial charge in [-0.15, -0.1) is 0 Å². The first-order valence-electron chi connectivity index (χ1n) is 6.80. The van der Waals surface area contributed by atoms with Gasteiger partial charge in [-0.05, 0) is 36.1 Å². The Morgan fingerprint density at radius 2 is 2.10 bits per heavy atom. The highest BCUT2D eigenvalue weighted by Crippen LogP contribution is 2.21. The van der Waals surface area contributed by atoms with Crippen molar-refractivity contribution in [2.45, 2.75) is 31.2 Å². The zero-order chi connectivity index (χ0) is 15.6. The lowest BCUT2D eigenvalue weighted by Crippen LogP contribution is -2.52. The van der Waals surface area contributed by atoms with Gasteiger partial charge in [0.15, 0.2) is 9.84 Å². The highest BCUT2D eigenvalue weighted by atomic mass is 32.2. The number of hydrazine groups is 1. The summed E-state index contributed by atoms with van der Waals surface area (Å²) in [6.07, 6.45) is 3.70. The fourth-order valence-electron chi connectivity index (χ4n) is 2.32. The largest absolute Gasteiger partial charge is 0.291 e. The molecule has 114 valence electrons. The number of amides is 1. The standard InChI is InChI=1S/C15H20N2O3S/c1-10(7-14-11(2)8-15(18)17-16-14)12-5-4-6-13(9-12)21(3,19)20/h4-7,9,11,14,16H,8H2,1-3H3,(H,17,18)/b10-7+. The molecule has 0 saturated carbocycles. The minimum atomic E-state index is -3.21. The average molecular weight is 308 g/mol. The van der Waals surface area contributed by atoms with Crippen molar-refractivity contribution in [3.05, 3.63) is 35.9 Å². The van der Waals surface area contributed by atoms with Gasteiger partial charge < -0.3 is 0 Å². The summed E-state index contributed by atoms with van der Waals surface area (Å²) in [7, 11) is -3.21. The van der Waals surface area contributed by atoms with Crippen molar-refractivity contribution in [3.63, 3.8) is 0 Å². The molecule has 1 aromatic carbocycles. The second-order valence-corrected chi connectivity index (χ2v) is 7.57. The molecule has 1 heterocycles. The number of allylic oxidation sites excluding steroid dienone is 1. The third-order valence-electron chi connectivity index (χ3n) is 3.65. The molecule has 1 fully saturated rings. The molecule has 2 atom stereocenters. The number of hydrogen-bond donors (Lipinski definition) is 2. The number of nitrogens with one attached hydrogen (secondary N) is 2. The van der Waals surface area contributed by atoms with E-state index in [2.05, 4.69) is 10.9 Å². The fraction of sp³-hybridized carbons (Fsp3) is 0.400. The number of sulfone groups is 1. The lowest BCUT2D eigenvalue weighted by molar-refractivity contribution is -0.125. The first-order chi connectivity index (χ1) is 9.77. The van der Waals surface area contributed by atoms with E-state index in [0.717, 1.165) is 11.1 Å². The van der Waals surface area contributed by atoms with E-state index >= 15 is 0 Å². The van der Waals surface area contributed by atoms with Gasteiger partial charge in [0, 0.05) is 18.7 Å². The van der Waals surface area contributed by atoms with Crippen molar-refractivity contribution in [2.75, 3.05) is 6.26 Å². The lowest BCUT2D eigenvalue weighted by atomic mass is 9.93. The SMILES string of the molecule is C/C(=C\C1NNC(=O)CC1C)c1cccc(S(C)(=O)=O)c1. The number of benzene rings is 1. The minimum absolute atomic E-state index is 0.0103. The van der Waals surface area contributed by atoms with E-state index in [-0.39, 0.29) is 17.9 Å². The van der Waals surface area contributed by atoms with Gasteiger partial charge in [0.25, 0.3) is 0 Å². The maximum Gasteiger partial charge on any atom is 0.234 e. The minimum Gasteiger partial charge on any atom is -0.291 e. The van der Waals surface area contributed by atoms with E-state index in [1.165, 1.54) is 6.26 Å². The molecule has 0 radical (unpaired) electrons. The van der Waals surface area contributed by atoms with Gasteiger partial charge in [-0.3, -0.25) is 10.2 Å². The topological polar surface area (TPSA) is 75.3 Å². The van der Waals surface area contributed by atoms with Gasteiger partial charge in [-0.25, -0.2) is 13.8 Å². The van der Waals surface area contributed by atoms with Crippen molar-refractivity contribution in [1.29, 1.82) is 0 Å². The molecule has 5 nitrogen and oxygen atoms in total. The number of hydrogen-bond acceptors (Lipinski definition) is 4. The average Bonchev–Trinajstić information content (AvgIpc) is 2.41. The molecule has 1 amide bonds. The van der Waals surface area contributed by atoms with Gasteiger partial charge in [0.2, 0.25) is 5.91 Å². The molecule has 1 aromatic rings. The van der Waals surface area contributed by atoms with Crippen LogP contribution in [-0.4, -0.2) is 26.6 Å². The van der Waals surface area contributed by atoms with E-state index in [1.807, 2.05) is 26.0 Å². The molecule has 1 saturated heterocycles. The molecule has 21 heavy (non-hydrogen) atoms. The van der Waals surface area contributed by atoms with Crippen LogP contribution < -0.4 is 10.9 Å². The van der Waals surface area contributed by atoms with Crippen molar-refractivity contribution >= 4 is 21.3 Å². The van der Waals surface area contributed by atoms with Crippen molar-refractivity contribution in [3.8, 4) is 0 Å². The zero-order valence-electron chi connectivity index (χ0n) is 12.4. The predicted octanol–water partition coefficient (Wildman–Crippen LogP) is 1.52. The fourth-order valence-corrected chi connectivity index (χ4v) is 2.99. The molecular formula is C15H20N2O3S. The van der Waals surface area contributed by atoms with E-state index in [4.69, 9.17) is 0 Å². The van der Waals surface area contributed by atoms with Gasteiger partial charge in [-0.1, -0.05) is 25.1 Å². The second kappa shape index (κ2) is 5.99. The summed E-state index contributed by atoms with van der Waals surface area (Å²) in [4.78, 5) is 11.6. The van der Waals surface area contributed by atoms with Gasteiger partial charge in [-0.2, -0.15) is 0 Å². The molecule has 2 N–H and O–H groups in total. The predicted molar refractivity (Wildman–Crippen MR) is 82.1 cm³/mol. The highest BCUT2D eigenvalue weighted by molar-refractivity contribution is 7.90. The van der Waals surface area contributed by atoms with E-state index in [0.29, 0.717) is 11.3 Å². The number of carbonyl (C=O) groups is 1. The van der Waals surface area contributed by atoms with E-state index < -0.39 is 9.84 Å². The van der Waals surface area contributed by atoms with Crippen LogP contribution in [0.1, 0.15) is 25.8 Å². The Balaban J connectivity index is 2.25. The summed E-state index contributed by atoms with van der Waals surface area (Å²) in [6, 6.07) is 6.92. The third kappa shape index (κ3) is 3.92. The number of rotatable bonds is 3. The van der Waals surface area contributed by atoms with Crippen LogP contribution in [0.15, 0.2) is 35.2 Å². The second-order valence-electron chi connectivity index (χ2n) is 5.55. The van der Waals surface area contributed by atoms with Gasteiger partial charge >= 0.3 is 0 Å². The highest BCUT2D eigenvalue weighted by Gasteiger charge is 2.23. The lowest BCUT2D eigenvalue weighted by Gasteiger charge is -2.28. The molecule has 6 heteroatoms.